The lowest BCUT2D eigenvalue weighted by atomic mass is 10.1. The second-order valence-electron chi connectivity index (χ2n) is 9.23. The molecule has 0 heterocycles. The van der Waals surface area contributed by atoms with Gasteiger partial charge in [0.2, 0.25) is 21.8 Å². The molecular formula is C26H34Cl3N3O4S. The van der Waals surface area contributed by atoms with Crippen LogP contribution in [0, 0.1) is 6.92 Å². The zero-order valence-corrected chi connectivity index (χ0v) is 24.8. The van der Waals surface area contributed by atoms with Gasteiger partial charge in [-0.1, -0.05) is 53.9 Å². The lowest BCUT2D eigenvalue weighted by Gasteiger charge is -2.32. The number of nitrogens with one attached hydrogen (secondary N) is 1. The molecule has 1 N–H and O–H groups in total. The van der Waals surface area contributed by atoms with Gasteiger partial charge in [0.05, 0.1) is 22.0 Å². The molecule has 1 atom stereocenters. The first kappa shape index (κ1) is 31.2. The van der Waals surface area contributed by atoms with Crippen molar-refractivity contribution < 1.29 is 18.0 Å². The maximum atomic E-state index is 13.5. The van der Waals surface area contributed by atoms with Gasteiger partial charge in [0.15, 0.2) is 0 Å². The molecule has 2 amide bonds. The van der Waals surface area contributed by atoms with Gasteiger partial charge in [-0.2, -0.15) is 0 Å². The van der Waals surface area contributed by atoms with E-state index in [2.05, 4.69) is 5.32 Å². The number of nitrogens with zero attached hydrogens (tertiary/aromatic N) is 2. The summed E-state index contributed by atoms with van der Waals surface area (Å²) in [5, 5.41) is 4.05. The van der Waals surface area contributed by atoms with Crippen molar-refractivity contribution in [2.45, 2.75) is 65.6 Å². The molecule has 0 aliphatic heterocycles. The third-order valence-electron chi connectivity index (χ3n) is 5.75. The Balaban J connectivity index is 2.28. The quantitative estimate of drug-likeness (QED) is 0.337. The number of anilines is 1. The summed E-state index contributed by atoms with van der Waals surface area (Å²) in [5.41, 5.74) is 1.95. The maximum absolute atomic E-state index is 13.5. The van der Waals surface area contributed by atoms with E-state index in [1.165, 1.54) is 9.21 Å². The Morgan fingerprint density at radius 1 is 1.03 bits per heavy atom. The van der Waals surface area contributed by atoms with Crippen LogP contribution in [0.4, 0.5) is 5.69 Å². The predicted molar refractivity (Wildman–Crippen MR) is 152 cm³/mol. The number of hydrogen-bond acceptors (Lipinski definition) is 4. The minimum atomic E-state index is -3.62. The first-order valence-corrected chi connectivity index (χ1v) is 15.0. The number of sulfonamides is 1. The van der Waals surface area contributed by atoms with Crippen LogP contribution in [0.2, 0.25) is 15.1 Å². The third-order valence-corrected chi connectivity index (χ3v) is 7.90. The van der Waals surface area contributed by atoms with E-state index in [4.69, 9.17) is 34.8 Å². The zero-order chi connectivity index (χ0) is 27.9. The Morgan fingerprint density at radius 3 is 2.27 bits per heavy atom. The highest BCUT2D eigenvalue weighted by molar-refractivity contribution is 7.92. The highest BCUT2D eigenvalue weighted by atomic mass is 35.5. The van der Waals surface area contributed by atoms with Crippen molar-refractivity contribution >= 4 is 62.3 Å². The molecule has 11 heteroatoms. The second-order valence-corrected chi connectivity index (χ2v) is 12.4. The van der Waals surface area contributed by atoms with Gasteiger partial charge < -0.3 is 10.2 Å². The van der Waals surface area contributed by atoms with E-state index in [9.17, 15) is 18.0 Å². The number of aryl methyl sites for hydroxylation is 1. The molecule has 0 aliphatic carbocycles. The van der Waals surface area contributed by atoms with E-state index in [0.717, 1.165) is 17.4 Å². The fourth-order valence-corrected chi connectivity index (χ4v) is 5.47. The van der Waals surface area contributed by atoms with Crippen molar-refractivity contribution in [1.29, 1.82) is 0 Å². The van der Waals surface area contributed by atoms with Crippen LogP contribution >= 0.6 is 34.8 Å². The SMILES string of the molecule is CCC(C(=O)NC(C)C)N(Cc1ccc(Cl)c(Cl)c1)C(=O)CCCN(c1cc(Cl)ccc1C)S(C)(=O)=O. The molecule has 0 aromatic heterocycles. The zero-order valence-electron chi connectivity index (χ0n) is 21.7. The van der Waals surface area contributed by atoms with Crippen molar-refractivity contribution in [2.24, 2.45) is 0 Å². The number of halogens is 3. The van der Waals surface area contributed by atoms with Crippen LogP contribution in [0.15, 0.2) is 36.4 Å². The summed E-state index contributed by atoms with van der Waals surface area (Å²) >= 11 is 18.3. The van der Waals surface area contributed by atoms with E-state index in [1.54, 1.807) is 43.3 Å². The number of hydrogen-bond donors (Lipinski definition) is 1. The van der Waals surface area contributed by atoms with Crippen molar-refractivity contribution in [3.8, 4) is 0 Å². The van der Waals surface area contributed by atoms with Crippen LogP contribution in [0.5, 0.6) is 0 Å². The molecule has 2 rings (SSSR count). The summed E-state index contributed by atoms with van der Waals surface area (Å²) < 4.78 is 26.4. The minimum Gasteiger partial charge on any atom is -0.352 e. The average molecular weight is 591 g/mol. The maximum Gasteiger partial charge on any atom is 0.243 e. The van der Waals surface area contributed by atoms with Gasteiger partial charge in [-0.15, -0.1) is 0 Å². The van der Waals surface area contributed by atoms with Crippen LogP contribution < -0.4 is 9.62 Å². The van der Waals surface area contributed by atoms with Crippen LogP contribution in [-0.4, -0.2) is 50.0 Å². The van der Waals surface area contributed by atoms with Crippen molar-refractivity contribution in [3.63, 3.8) is 0 Å². The summed E-state index contributed by atoms with van der Waals surface area (Å²) in [5.74, 6) is -0.522. The van der Waals surface area contributed by atoms with E-state index >= 15 is 0 Å². The summed E-state index contributed by atoms with van der Waals surface area (Å²) in [6, 6.07) is 9.32. The first-order chi connectivity index (χ1) is 17.2. The van der Waals surface area contributed by atoms with Gasteiger partial charge in [0.25, 0.3) is 0 Å². The van der Waals surface area contributed by atoms with Crippen LogP contribution in [-0.2, 0) is 26.2 Å². The second kappa shape index (κ2) is 13.7. The van der Waals surface area contributed by atoms with Gasteiger partial charge in [0, 0.05) is 30.6 Å². The number of carbonyl (C=O) groups excluding carboxylic acids is 2. The Labute approximate surface area is 235 Å². The molecule has 1 unspecified atom stereocenters. The number of benzene rings is 2. The molecule has 204 valence electrons. The van der Waals surface area contributed by atoms with Crippen LogP contribution in [0.1, 0.15) is 51.2 Å². The fourth-order valence-electron chi connectivity index (χ4n) is 3.97. The van der Waals surface area contributed by atoms with Gasteiger partial charge in [-0.3, -0.25) is 13.9 Å². The molecule has 0 saturated heterocycles. The predicted octanol–water partition coefficient (Wildman–Crippen LogP) is 5.83. The molecule has 0 aliphatic rings. The minimum absolute atomic E-state index is 0.0401. The third kappa shape index (κ3) is 9.06. The molecule has 0 radical (unpaired) electrons. The Morgan fingerprint density at radius 2 is 1.70 bits per heavy atom. The van der Waals surface area contributed by atoms with Gasteiger partial charge in [0.1, 0.15) is 6.04 Å². The van der Waals surface area contributed by atoms with E-state index in [-0.39, 0.29) is 43.8 Å². The Kier molecular flexibility index (Phi) is 11.6. The first-order valence-electron chi connectivity index (χ1n) is 12.0. The number of carbonyl (C=O) groups is 2. The van der Waals surface area contributed by atoms with Gasteiger partial charge in [-0.25, -0.2) is 8.42 Å². The molecule has 7 nitrogen and oxygen atoms in total. The van der Waals surface area contributed by atoms with Gasteiger partial charge >= 0.3 is 0 Å². The van der Waals surface area contributed by atoms with Crippen molar-refractivity contribution in [3.05, 3.63) is 62.6 Å². The monoisotopic (exact) mass is 589 g/mol. The standard InChI is InChI=1S/C26H34Cl3N3O4S/c1-6-23(26(34)30-17(2)3)31(16-19-10-12-21(28)22(29)14-19)25(33)8-7-13-32(37(5,35)36)24-15-20(27)11-9-18(24)4/h9-12,14-15,17,23H,6-8,13,16H2,1-5H3,(H,30,34). The summed E-state index contributed by atoms with van der Waals surface area (Å²) in [6.45, 7) is 7.59. The molecule has 0 spiro atoms. The van der Waals surface area contributed by atoms with Crippen molar-refractivity contribution in [1.82, 2.24) is 10.2 Å². The summed E-state index contributed by atoms with van der Waals surface area (Å²) in [7, 11) is -3.62. The fraction of sp³-hybridized carbons (Fsp3) is 0.462. The molecular weight excluding hydrogens is 557 g/mol. The van der Waals surface area contributed by atoms with Gasteiger partial charge in [-0.05, 0) is 69.0 Å². The van der Waals surface area contributed by atoms with E-state index in [0.29, 0.717) is 27.2 Å². The molecule has 0 fully saturated rings. The molecule has 2 aromatic rings. The van der Waals surface area contributed by atoms with Crippen LogP contribution in [0.3, 0.4) is 0 Å². The number of rotatable bonds is 12. The average Bonchev–Trinajstić information content (AvgIpc) is 2.79. The molecule has 0 saturated carbocycles. The van der Waals surface area contributed by atoms with E-state index in [1.807, 2.05) is 20.8 Å². The molecule has 2 aromatic carbocycles. The smallest absolute Gasteiger partial charge is 0.243 e. The van der Waals surface area contributed by atoms with Crippen LogP contribution in [0.25, 0.3) is 0 Å². The lowest BCUT2D eigenvalue weighted by molar-refractivity contribution is -0.141. The summed E-state index contributed by atoms with van der Waals surface area (Å²) in [4.78, 5) is 28.0. The Bertz CT molecular complexity index is 1220. The molecule has 0 bridgehead atoms. The van der Waals surface area contributed by atoms with E-state index < -0.39 is 16.1 Å². The topological polar surface area (TPSA) is 86.8 Å². The number of amides is 2. The normalized spacial score (nSPS) is 12.4. The summed E-state index contributed by atoms with van der Waals surface area (Å²) in [6.07, 6.45) is 1.81. The lowest BCUT2D eigenvalue weighted by Crippen LogP contribution is -2.50. The highest BCUT2D eigenvalue weighted by Gasteiger charge is 2.29. The Hall–Kier alpha value is -2.00. The molecule has 37 heavy (non-hydrogen) atoms. The highest BCUT2D eigenvalue weighted by Crippen LogP contribution is 2.27. The van der Waals surface area contributed by atoms with Crippen molar-refractivity contribution in [2.75, 3.05) is 17.1 Å². The largest absolute Gasteiger partial charge is 0.352 e.